The van der Waals surface area contributed by atoms with E-state index >= 15 is 0 Å². The minimum absolute atomic E-state index is 0.265. The molecule has 9 heteroatoms. The Kier molecular flexibility index (Phi) is 5.98. The maximum absolute atomic E-state index is 13.3. The maximum Gasteiger partial charge on any atom is 0.229 e. The highest BCUT2D eigenvalue weighted by atomic mass is 19.1. The van der Waals surface area contributed by atoms with Crippen LogP contribution >= 0.6 is 0 Å². The van der Waals surface area contributed by atoms with Gasteiger partial charge in [-0.25, -0.2) is 9.37 Å². The second kappa shape index (κ2) is 9.35. The number of hydrogen-bond acceptors (Lipinski definition) is 8. The summed E-state index contributed by atoms with van der Waals surface area (Å²) in [5.41, 5.74) is 0.781. The fourth-order valence-electron chi connectivity index (χ4n) is 3.94. The van der Waals surface area contributed by atoms with Gasteiger partial charge in [-0.2, -0.15) is 9.97 Å². The lowest BCUT2D eigenvalue weighted by molar-refractivity contribution is 0.122. The molecule has 2 aliphatic heterocycles. The van der Waals surface area contributed by atoms with Crippen molar-refractivity contribution >= 4 is 29.1 Å². The van der Waals surface area contributed by atoms with Gasteiger partial charge in [0.25, 0.3) is 0 Å². The molecule has 0 aliphatic carbocycles. The van der Waals surface area contributed by atoms with Crippen molar-refractivity contribution < 1.29 is 9.13 Å². The van der Waals surface area contributed by atoms with Gasteiger partial charge in [0.2, 0.25) is 5.95 Å². The number of pyridine rings is 1. The fraction of sp³-hybridized carbons (Fsp3) is 0.348. The van der Waals surface area contributed by atoms with E-state index in [4.69, 9.17) is 14.7 Å². The first-order valence-corrected chi connectivity index (χ1v) is 10.9. The van der Waals surface area contributed by atoms with Crippen molar-refractivity contribution in [1.29, 1.82) is 0 Å². The number of piperazine rings is 1. The van der Waals surface area contributed by atoms with E-state index in [-0.39, 0.29) is 5.82 Å². The minimum atomic E-state index is -0.265. The molecular weight excluding hydrogens is 409 g/mol. The SMILES string of the molecule is Fc1ccc(Nc2cc(N3CCN(c4ccccn4)CC3)nc(N3CCOCC3)n2)cc1. The predicted molar refractivity (Wildman–Crippen MR) is 123 cm³/mol. The van der Waals surface area contributed by atoms with Crippen molar-refractivity contribution in [1.82, 2.24) is 15.0 Å². The zero-order valence-electron chi connectivity index (χ0n) is 17.8. The monoisotopic (exact) mass is 435 g/mol. The lowest BCUT2D eigenvalue weighted by Gasteiger charge is -2.36. The average molecular weight is 436 g/mol. The molecule has 0 amide bonds. The Bertz CT molecular complexity index is 1020. The number of nitrogens with zero attached hydrogens (tertiary/aromatic N) is 6. The Balaban J connectivity index is 1.37. The van der Waals surface area contributed by atoms with Crippen molar-refractivity contribution in [3.63, 3.8) is 0 Å². The molecule has 2 aliphatic rings. The number of rotatable bonds is 5. The maximum atomic E-state index is 13.3. The van der Waals surface area contributed by atoms with Crippen LogP contribution in [0.4, 0.5) is 33.5 Å². The Hall–Kier alpha value is -3.46. The molecule has 32 heavy (non-hydrogen) atoms. The molecule has 8 nitrogen and oxygen atoms in total. The molecule has 0 radical (unpaired) electrons. The van der Waals surface area contributed by atoms with Crippen LogP contribution in [0.5, 0.6) is 0 Å². The molecular formula is C23H26FN7O. The largest absolute Gasteiger partial charge is 0.378 e. The Morgan fingerprint density at radius 1 is 0.781 bits per heavy atom. The molecule has 5 rings (SSSR count). The Morgan fingerprint density at radius 2 is 1.50 bits per heavy atom. The lowest BCUT2D eigenvalue weighted by atomic mass is 10.3. The van der Waals surface area contributed by atoms with E-state index in [1.165, 1.54) is 12.1 Å². The van der Waals surface area contributed by atoms with Crippen LogP contribution in [-0.2, 0) is 4.74 Å². The first-order chi connectivity index (χ1) is 15.7. The highest BCUT2D eigenvalue weighted by Crippen LogP contribution is 2.25. The van der Waals surface area contributed by atoms with Gasteiger partial charge in [0, 0.05) is 57.2 Å². The highest BCUT2D eigenvalue weighted by molar-refractivity contribution is 5.62. The van der Waals surface area contributed by atoms with Crippen molar-refractivity contribution in [2.75, 3.05) is 72.5 Å². The average Bonchev–Trinajstić information content (AvgIpc) is 2.86. The van der Waals surface area contributed by atoms with Gasteiger partial charge in [-0.1, -0.05) is 6.07 Å². The number of anilines is 5. The molecule has 0 atom stereocenters. The van der Waals surface area contributed by atoms with Crippen molar-refractivity contribution in [2.24, 2.45) is 0 Å². The second-order valence-electron chi connectivity index (χ2n) is 7.80. The molecule has 4 heterocycles. The first kappa shape index (κ1) is 20.4. The molecule has 2 aromatic heterocycles. The van der Waals surface area contributed by atoms with Gasteiger partial charge in [0.1, 0.15) is 23.3 Å². The van der Waals surface area contributed by atoms with E-state index in [9.17, 15) is 4.39 Å². The zero-order chi connectivity index (χ0) is 21.8. The predicted octanol–water partition coefficient (Wildman–Crippen LogP) is 2.92. The van der Waals surface area contributed by atoms with Gasteiger partial charge in [0.15, 0.2) is 0 Å². The molecule has 0 unspecified atom stereocenters. The summed E-state index contributed by atoms with van der Waals surface area (Å²) < 4.78 is 18.8. The van der Waals surface area contributed by atoms with Crippen LogP contribution in [0.2, 0.25) is 0 Å². The number of hydrogen-bond donors (Lipinski definition) is 1. The van der Waals surface area contributed by atoms with E-state index in [1.54, 1.807) is 12.1 Å². The van der Waals surface area contributed by atoms with Crippen LogP contribution in [0.25, 0.3) is 0 Å². The summed E-state index contributed by atoms with van der Waals surface area (Å²) in [6.45, 7) is 6.26. The molecule has 3 aromatic rings. The smallest absolute Gasteiger partial charge is 0.229 e. The third-order valence-corrected chi connectivity index (χ3v) is 5.69. The van der Waals surface area contributed by atoms with Gasteiger partial charge in [-0.05, 0) is 36.4 Å². The third kappa shape index (κ3) is 4.72. The number of morpholine rings is 1. The quantitative estimate of drug-likeness (QED) is 0.656. The van der Waals surface area contributed by atoms with E-state index in [2.05, 4.69) is 25.0 Å². The summed E-state index contributed by atoms with van der Waals surface area (Å²) >= 11 is 0. The van der Waals surface area contributed by atoms with Gasteiger partial charge in [0.05, 0.1) is 13.2 Å². The fourth-order valence-corrected chi connectivity index (χ4v) is 3.94. The summed E-state index contributed by atoms with van der Waals surface area (Å²) in [6, 6.07) is 14.2. The van der Waals surface area contributed by atoms with Crippen LogP contribution in [0.15, 0.2) is 54.7 Å². The van der Waals surface area contributed by atoms with Crippen LogP contribution in [-0.4, -0.2) is 67.4 Å². The first-order valence-electron chi connectivity index (χ1n) is 10.9. The van der Waals surface area contributed by atoms with E-state index in [0.717, 1.165) is 56.6 Å². The molecule has 2 fully saturated rings. The van der Waals surface area contributed by atoms with E-state index < -0.39 is 0 Å². The summed E-state index contributed by atoms with van der Waals surface area (Å²) in [7, 11) is 0. The van der Waals surface area contributed by atoms with Crippen molar-refractivity contribution in [3.05, 3.63) is 60.5 Å². The lowest BCUT2D eigenvalue weighted by Crippen LogP contribution is -2.47. The van der Waals surface area contributed by atoms with E-state index in [0.29, 0.717) is 25.0 Å². The van der Waals surface area contributed by atoms with Crippen LogP contribution in [0, 0.1) is 5.82 Å². The molecule has 0 bridgehead atoms. The molecule has 2 saturated heterocycles. The topological polar surface area (TPSA) is 69.7 Å². The van der Waals surface area contributed by atoms with Crippen LogP contribution in [0.3, 0.4) is 0 Å². The number of aromatic nitrogens is 3. The number of benzene rings is 1. The number of halogens is 1. The molecule has 166 valence electrons. The van der Waals surface area contributed by atoms with Crippen LogP contribution < -0.4 is 20.0 Å². The van der Waals surface area contributed by atoms with E-state index in [1.807, 2.05) is 30.5 Å². The standard InChI is InChI=1S/C23H26FN7O/c24-18-4-6-19(7-5-18)26-20-17-22(28-23(27-20)31-13-15-32-16-14-31)30-11-9-29(10-12-30)21-3-1-2-8-25-21/h1-8,17H,9-16H2,(H,26,27,28). The third-order valence-electron chi connectivity index (χ3n) is 5.69. The molecule has 0 spiro atoms. The van der Waals surface area contributed by atoms with Gasteiger partial charge in [-0.15, -0.1) is 0 Å². The number of ether oxygens (including phenoxy) is 1. The number of nitrogens with one attached hydrogen (secondary N) is 1. The normalized spacial score (nSPS) is 16.8. The zero-order valence-corrected chi connectivity index (χ0v) is 17.8. The molecule has 1 N–H and O–H groups in total. The summed E-state index contributed by atoms with van der Waals surface area (Å²) in [5, 5.41) is 3.30. The summed E-state index contributed by atoms with van der Waals surface area (Å²) in [6.07, 6.45) is 1.83. The Morgan fingerprint density at radius 3 is 2.19 bits per heavy atom. The van der Waals surface area contributed by atoms with Gasteiger partial charge >= 0.3 is 0 Å². The highest BCUT2D eigenvalue weighted by Gasteiger charge is 2.22. The molecule has 1 aromatic carbocycles. The Labute approximate surface area is 186 Å². The van der Waals surface area contributed by atoms with Crippen molar-refractivity contribution in [2.45, 2.75) is 0 Å². The molecule has 0 saturated carbocycles. The van der Waals surface area contributed by atoms with Gasteiger partial charge < -0.3 is 24.8 Å². The summed E-state index contributed by atoms with van der Waals surface area (Å²) in [5.74, 6) is 2.99. The second-order valence-corrected chi connectivity index (χ2v) is 7.80. The van der Waals surface area contributed by atoms with Crippen molar-refractivity contribution in [3.8, 4) is 0 Å². The summed E-state index contributed by atoms with van der Waals surface area (Å²) in [4.78, 5) is 20.8. The minimum Gasteiger partial charge on any atom is -0.378 e. The van der Waals surface area contributed by atoms with Gasteiger partial charge in [-0.3, -0.25) is 0 Å². The van der Waals surface area contributed by atoms with Crippen LogP contribution in [0.1, 0.15) is 0 Å².